The topological polar surface area (TPSA) is 26.3 Å². The first-order chi connectivity index (χ1) is 14.9. The van der Waals surface area contributed by atoms with Crippen LogP contribution in [0.15, 0.2) is 84.5 Å². The van der Waals surface area contributed by atoms with E-state index in [0.717, 1.165) is 16.2 Å². The highest BCUT2D eigenvalue weighted by Gasteiger charge is 2.41. The predicted molar refractivity (Wildman–Crippen MR) is 138 cm³/mol. The van der Waals surface area contributed by atoms with Crippen LogP contribution in [0.3, 0.4) is 0 Å². The molecule has 5 heteroatoms. The van der Waals surface area contributed by atoms with Crippen molar-refractivity contribution in [2.45, 2.75) is 64.0 Å². The first kappa shape index (κ1) is 24.9. The number of halogens is 1. The zero-order chi connectivity index (χ0) is 23.6. The van der Waals surface area contributed by atoms with Gasteiger partial charge in [-0.05, 0) is 35.7 Å². The molecule has 32 heavy (non-hydrogen) atoms. The lowest BCUT2D eigenvalue weighted by atomic mass is 9.87. The molecule has 2 aromatic rings. The Morgan fingerprint density at radius 2 is 1.56 bits per heavy atom. The van der Waals surface area contributed by atoms with E-state index in [2.05, 4.69) is 40.4 Å². The summed E-state index contributed by atoms with van der Waals surface area (Å²) in [6.07, 6.45) is 1.96. The molecule has 1 aliphatic carbocycles. The SMILES string of the molecule is C=C1/C(=C/CP(=O)(c2ccccc2)c2ccccc2)CC(O[Si](C)(C)C(C)(C)C)CC1F. The van der Waals surface area contributed by atoms with Crippen molar-refractivity contribution in [3.8, 4) is 0 Å². The largest absolute Gasteiger partial charge is 0.413 e. The van der Waals surface area contributed by atoms with E-state index in [1.165, 1.54) is 0 Å². The number of hydrogen-bond donors (Lipinski definition) is 0. The van der Waals surface area contributed by atoms with Gasteiger partial charge in [0.15, 0.2) is 8.32 Å². The maximum absolute atomic E-state index is 14.9. The molecule has 0 radical (unpaired) electrons. The molecule has 2 aromatic carbocycles. The fourth-order valence-corrected chi connectivity index (χ4v) is 7.74. The Bertz CT molecular complexity index is 965. The Balaban J connectivity index is 1.90. The van der Waals surface area contributed by atoms with Crippen LogP contribution in [0, 0.1) is 0 Å². The summed E-state index contributed by atoms with van der Waals surface area (Å²) in [4.78, 5) is 0. The van der Waals surface area contributed by atoms with Gasteiger partial charge in [0, 0.05) is 23.2 Å². The van der Waals surface area contributed by atoms with Crippen molar-refractivity contribution in [2.24, 2.45) is 0 Å². The van der Waals surface area contributed by atoms with Crippen LogP contribution in [0.2, 0.25) is 18.1 Å². The van der Waals surface area contributed by atoms with Gasteiger partial charge in [0.25, 0.3) is 0 Å². The molecular formula is C27H36FO2PSi. The van der Waals surface area contributed by atoms with E-state index in [-0.39, 0.29) is 11.1 Å². The number of rotatable bonds is 6. The zero-order valence-electron chi connectivity index (χ0n) is 20.0. The van der Waals surface area contributed by atoms with Crippen molar-refractivity contribution < 1.29 is 13.4 Å². The minimum atomic E-state index is -2.90. The Hall–Kier alpha value is -1.74. The summed E-state index contributed by atoms with van der Waals surface area (Å²) in [7, 11) is -4.91. The monoisotopic (exact) mass is 470 g/mol. The van der Waals surface area contributed by atoms with E-state index in [4.69, 9.17) is 4.43 Å². The van der Waals surface area contributed by atoms with Crippen LogP contribution in [-0.4, -0.2) is 26.8 Å². The fourth-order valence-electron chi connectivity index (χ4n) is 3.87. The maximum Gasteiger partial charge on any atom is 0.192 e. The summed E-state index contributed by atoms with van der Waals surface area (Å²) in [5.41, 5.74) is 1.35. The minimum Gasteiger partial charge on any atom is -0.413 e. The molecule has 1 fully saturated rings. The van der Waals surface area contributed by atoms with Crippen LogP contribution < -0.4 is 10.6 Å². The number of hydrogen-bond acceptors (Lipinski definition) is 2. The Labute approximate surface area is 194 Å². The summed E-state index contributed by atoms with van der Waals surface area (Å²) in [5.74, 6) is 0. The molecule has 0 aromatic heterocycles. The second kappa shape index (κ2) is 9.63. The molecule has 0 bridgehead atoms. The van der Waals surface area contributed by atoms with Crippen molar-refractivity contribution in [3.63, 3.8) is 0 Å². The van der Waals surface area contributed by atoms with Gasteiger partial charge in [-0.15, -0.1) is 0 Å². The number of allylic oxidation sites excluding steroid dienone is 2. The molecule has 2 atom stereocenters. The van der Waals surface area contributed by atoms with Crippen LogP contribution in [0.5, 0.6) is 0 Å². The van der Waals surface area contributed by atoms with E-state index >= 15 is 0 Å². The second-order valence-electron chi connectivity index (χ2n) is 10.3. The maximum atomic E-state index is 14.9. The first-order valence-electron chi connectivity index (χ1n) is 11.3. The van der Waals surface area contributed by atoms with Crippen LogP contribution >= 0.6 is 7.14 Å². The Morgan fingerprint density at radius 1 is 1.06 bits per heavy atom. The molecule has 172 valence electrons. The highest BCUT2D eigenvalue weighted by atomic mass is 31.2. The van der Waals surface area contributed by atoms with Crippen molar-refractivity contribution >= 4 is 26.1 Å². The second-order valence-corrected chi connectivity index (χ2v) is 17.9. The molecule has 2 nitrogen and oxygen atoms in total. The Morgan fingerprint density at radius 3 is 2.03 bits per heavy atom. The molecule has 0 N–H and O–H groups in total. The normalized spacial score (nSPS) is 21.7. The fraction of sp³-hybridized carbons (Fsp3) is 0.407. The lowest BCUT2D eigenvalue weighted by Gasteiger charge is -2.41. The van der Waals surface area contributed by atoms with Crippen molar-refractivity contribution in [3.05, 3.63) is 84.5 Å². The van der Waals surface area contributed by atoms with Crippen LogP contribution in [-0.2, 0) is 8.99 Å². The molecule has 0 heterocycles. The minimum absolute atomic E-state index is 0.0630. The van der Waals surface area contributed by atoms with E-state index < -0.39 is 21.6 Å². The summed E-state index contributed by atoms with van der Waals surface area (Å²) in [6.45, 7) is 15.0. The third-order valence-corrected chi connectivity index (χ3v) is 14.4. The van der Waals surface area contributed by atoms with Gasteiger partial charge in [-0.25, -0.2) is 4.39 Å². The molecular weight excluding hydrogens is 434 g/mol. The van der Waals surface area contributed by atoms with Gasteiger partial charge in [0.05, 0.1) is 6.10 Å². The number of benzene rings is 2. The lowest BCUT2D eigenvalue weighted by molar-refractivity contribution is 0.131. The molecule has 0 aliphatic heterocycles. The van der Waals surface area contributed by atoms with E-state index in [1.807, 2.05) is 66.7 Å². The lowest BCUT2D eigenvalue weighted by Crippen LogP contribution is -2.45. The predicted octanol–water partition coefficient (Wildman–Crippen LogP) is 7.01. The summed E-state index contributed by atoms with van der Waals surface area (Å²) >= 11 is 0. The van der Waals surface area contributed by atoms with Gasteiger partial charge in [-0.3, -0.25) is 0 Å². The number of alkyl halides is 1. The zero-order valence-corrected chi connectivity index (χ0v) is 21.9. The van der Waals surface area contributed by atoms with Crippen LogP contribution in [0.4, 0.5) is 4.39 Å². The van der Waals surface area contributed by atoms with Gasteiger partial charge in [-0.2, -0.15) is 0 Å². The molecule has 2 unspecified atom stereocenters. The van der Waals surface area contributed by atoms with Gasteiger partial charge >= 0.3 is 0 Å². The molecule has 3 rings (SSSR count). The van der Waals surface area contributed by atoms with Crippen LogP contribution in [0.25, 0.3) is 0 Å². The quantitative estimate of drug-likeness (QED) is 0.335. The average Bonchev–Trinajstić information content (AvgIpc) is 2.75. The molecule has 0 spiro atoms. The Kier molecular flexibility index (Phi) is 7.49. The smallest absolute Gasteiger partial charge is 0.192 e. The highest BCUT2D eigenvalue weighted by molar-refractivity contribution is 7.78. The van der Waals surface area contributed by atoms with Gasteiger partial charge in [0.1, 0.15) is 13.3 Å². The molecule has 1 saturated carbocycles. The molecule has 1 aliphatic rings. The van der Waals surface area contributed by atoms with Crippen molar-refractivity contribution in [2.75, 3.05) is 6.16 Å². The van der Waals surface area contributed by atoms with Gasteiger partial charge < -0.3 is 8.99 Å². The van der Waals surface area contributed by atoms with Crippen molar-refractivity contribution in [1.82, 2.24) is 0 Å². The summed E-state index contributed by atoms with van der Waals surface area (Å²) in [6, 6.07) is 19.2. The van der Waals surface area contributed by atoms with E-state index in [9.17, 15) is 8.96 Å². The van der Waals surface area contributed by atoms with Gasteiger partial charge in [-0.1, -0.05) is 94.1 Å². The van der Waals surface area contributed by atoms with E-state index in [1.54, 1.807) is 0 Å². The van der Waals surface area contributed by atoms with E-state index in [0.29, 0.717) is 24.6 Å². The van der Waals surface area contributed by atoms with Gasteiger partial charge in [0.2, 0.25) is 0 Å². The molecule has 0 amide bonds. The summed E-state index contributed by atoms with van der Waals surface area (Å²) < 4.78 is 35.8. The standard InChI is InChI=1S/C27H36FO2PSi/c1-21-22(19-23(20-26(21)28)30-32(5,6)27(2,3)4)17-18-31(29,24-13-9-7-10-14-24)25-15-11-8-12-16-25/h7-17,23,26H,1,18-20H2,2-6H3/b22-17+. The third kappa shape index (κ3) is 5.42. The average molecular weight is 471 g/mol. The molecule has 0 saturated heterocycles. The van der Waals surface area contributed by atoms with Crippen LogP contribution in [0.1, 0.15) is 33.6 Å². The van der Waals surface area contributed by atoms with Crippen molar-refractivity contribution in [1.29, 1.82) is 0 Å². The highest BCUT2D eigenvalue weighted by Crippen LogP contribution is 2.45. The summed E-state index contributed by atoms with van der Waals surface area (Å²) in [5, 5.41) is 1.69. The third-order valence-electron chi connectivity index (χ3n) is 6.92. The first-order valence-corrected chi connectivity index (χ1v) is 16.1.